The number of pyridine rings is 1. The lowest BCUT2D eigenvalue weighted by atomic mass is 10.0. The van der Waals surface area contributed by atoms with Gasteiger partial charge in [-0.2, -0.15) is 0 Å². The van der Waals surface area contributed by atoms with E-state index in [2.05, 4.69) is 45.1 Å². The smallest absolute Gasteiger partial charge is 0.257 e. The highest BCUT2D eigenvalue weighted by Crippen LogP contribution is 2.24. The number of nitrogens with zero attached hydrogens (tertiary/aromatic N) is 4. The predicted molar refractivity (Wildman–Crippen MR) is 122 cm³/mol. The van der Waals surface area contributed by atoms with Crippen LogP contribution in [0.1, 0.15) is 52.8 Å². The van der Waals surface area contributed by atoms with Crippen molar-refractivity contribution >= 4 is 34.9 Å². The molecule has 152 valence electrons. The van der Waals surface area contributed by atoms with Crippen molar-refractivity contribution < 1.29 is 4.79 Å². The zero-order valence-electron chi connectivity index (χ0n) is 17.0. The molecular weight excluding hydrogens is 394 g/mol. The number of benzene rings is 1. The van der Waals surface area contributed by atoms with E-state index in [4.69, 9.17) is 12.2 Å². The minimum Gasteiger partial charge on any atom is -0.365 e. The fraction of sp³-hybridized carbons (Fsp3) is 0.261. The minimum atomic E-state index is -0.170. The van der Waals surface area contributed by atoms with Gasteiger partial charge >= 0.3 is 0 Å². The van der Waals surface area contributed by atoms with Gasteiger partial charge in [0.2, 0.25) is 0 Å². The number of carbonyl (C=O) groups excluding carboxylic acids is 1. The molecule has 0 radical (unpaired) electrons. The van der Waals surface area contributed by atoms with E-state index in [1.54, 1.807) is 12.4 Å². The van der Waals surface area contributed by atoms with E-state index in [0.29, 0.717) is 23.9 Å². The Bertz CT molecular complexity index is 1100. The van der Waals surface area contributed by atoms with Gasteiger partial charge in [0.1, 0.15) is 0 Å². The molecule has 0 bridgehead atoms. The Morgan fingerprint density at radius 2 is 2.10 bits per heavy atom. The Labute approximate surface area is 181 Å². The largest absolute Gasteiger partial charge is 0.365 e. The molecule has 0 fully saturated rings. The monoisotopic (exact) mass is 417 g/mol. The van der Waals surface area contributed by atoms with Crippen LogP contribution in [0, 0.1) is 0 Å². The Morgan fingerprint density at radius 3 is 2.90 bits per heavy atom. The number of anilines is 2. The van der Waals surface area contributed by atoms with Gasteiger partial charge in [0, 0.05) is 48.5 Å². The Morgan fingerprint density at radius 1 is 1.23 bits per heavy atom. The van der Waals surface area contributed by atoms with E-state index in [1.165, 1.54) is 10.9 Å². The molecule has 30 heavy (non-hydrogen) atoms. The molecule has 2 aromatic heterocycles. The third kappa shape index (κ3) is 4.36. The van der Waals surface area contributed by atoms with Gasteiger partial charge in [-0.3, -0.25) is 9.78 Å². The summed E-state index contributed by atoms with van der Waals surface area (Å²) in [6, 6.07) is 9.82. The van der Waals surface area contributed by atoms with Gasteiger partial charge in [-0.1, -0.05) is 38.2 Å². The van der Waals surface area contributed by atoms with Crippen molar-refractivity contribution in [2.75, 3.05) is 16.8 Å². The van der Waals surface area contributed by atoms with Crippen molar-refractivity contribution in [2.45, 2.75) is 32.7 Å². The van der Waals surface area contributed by atoms with E-state index in [1.807, 2.05) is 30.5 Å². The van der Waals surface area contributed by atoms with Crippen molar-refractivity contribution in [2.24, 2.45) is 0 Å². The van der Waals surface area contributed by atoms with Gasteiger partial charge < -0.3 is 10.2 Å². The van der Waals surface area contributed by atoms with Crippen molar-refractivity contribution in [3.8, 4) is 0 Å². The van der Waals surface area contributed by atoms with Crippen LogP contribution in [-0.2, 0) is 13.0 Å². The molecule has 7 heteroatoms. The average molecular weight is 418 g/mol. The first-order valence-electron chi connectivity index (χ1n) is 9.95. The lowest BCUT2D eigenvalue weighted by Gasteiger charge is -2.29. The molecule has 1 amide bonds. The fourth-order valence-corrected chi connectivity index (χ4v) is 3.63. The van der Waals surface area contributed by atoms with E-state index < -0.39 is 0 Å². The van der Waals surface area contributed by atoms with Gasteiger partial charge in [0.15, 0.2) is 5.82 Å². The van der Waals surface area contributed by atoms with Crippen molar-refractivity contribution in [3.63, 3.8) is 0 Å². The molecule has 0 saturated heterocycles. The number of hydrogen-bond acceptors (Lipinski definition) is 6. The number of fused-ring (bicyclic) bond motifs is 1. The summed E-state index contributed by atoms with van der Waals surface area (Å²) >= 11 is 4.92. The van der Waals surface area contributed by atoms with E-state index >= 15 is 0 Å². The summed E-state index contributed by atoms with van der Waals surface area (Å²) in [5.41, 5.74) is 5.51. The summed E-state index contributed by atoms with van der Waals surface area (Å²) < 4.78 is 0. The Balaban J connectivity index is 1.50. The Hall–Kier alpha value is -3.19. The molecular formula is C23H23N5OS. The number of carbonyl (C=O) groups is 1. The molecule has 0 saturated carbocycles. The second kappa shape index (κ2) is 8.67. The van der Waals surface area contributed by atoms with Crippen LogP contribution in [0.15, 0.2) is 48.9 Å². The quantitative estimate of drug-likeness (QED) is 0.629. The van der Waals surface area contributed by atoms with Gasteiger partial charge in [0.25, 0.3) is 5.91 Å². The maximum absolute atomic E-state index is 12.8. The van der Waals surface area contributed by atoms with Crippen LogP contribution in [-0.4, -0.2) is 32.8 Å². The third-order valence-electron chi connectivity index (χ3n) is 5.22. The van der Waals surface area contributed by atoms with Gasteiger partial charge in [-0.25, -0.2) is 9.97 Å². The molecule has 1 aliphatic heterocycles. The molecule has 1 aromatic carbocycles. The molecule has 3 aromatic rings. The van der Waals surface area contributed by atoms with Gasteiger partial charge in [-0.05, 0) is 29.7 Å². The minimum absolute atomic E-state index is 0.170. The highest BCUT2D eigenvalue weighted by atomic mass is 32.1. The number of rotatable bonds is 5. The summed E-state index contributed by atoms with van der Waals surface area (Å²) in [5.74, 6) is 0.813. The van der Waals surface area contributed by atoms with Crippen LogP contribution in [0.4, 0.5) is 11.4 Å². The summed E-state index contributed by atoms with van der Waals surface area (Å²) in [5, 5.41) is 4.48. The highest BCUT2D eigenvalue weighted by molar-refractivity contribution is 7.79. The van der Waals surface area contributed by atoms with E-state index in [-0.39, 0.29) is 5.91 Å². The lowest BCUT2D eigenvalue weighted by Crippen LogP contribution is -2.31. The van der Waals surface area contributed by atoms with Crippen LogP contribution in [0.3, 0.4) is 0 Å². The van der Waals surface area contributed by atoms with Crippen LogP contribution < -0.4 is 10.2 Å². The SMILES string of the molecule is CC(C)c1cccc(NC(=O)c2cncc(N3CCc4nc(C=S)ncc4C3)c2)c1. The van der Waals surface area contributed by atoms with Crippen LogP contribution in [0.2, 0.25) is 0 Å². The molecule has 1 aliphatic rings. The summed E-state index contributed by atoms with van der Waals surface area (Å²) in [6.07, 6.45) is 6.01. The van der Waals surface area contributed by atoms with Crippen molar-refractivity contribution in [1.82, 2.24) is 15.0 Å². The first-order valence-corrected chi connectivity index (χ1v) is 10.4. The zero-order chi connectivity index (χ0) is 21.1. The van der Waals surface area contributed by atoms with E-state index in [9.17, 15) is 4.79 Å². The summed E-state index contributed by atoms with van der Waals surface area (Å²) in [7, 11) is 0. The number of aromatic nitrogens is 3. The molecule has 0 aliphatic carbocycles. The standard InChI is InChI=1S/C23H23N5OS/c1-15(2)16-4-3-5-19(8-16)26-23(29)17-9-20(12-24-10-17)28-7-6-21-18(13-28)11-25-22(14-30)27-21/h3-5,8-12,14-15H,6-7,13H2,1-2H3,(H,26,29). The highest BCUT2D eigenvalue weighted by Gasteiger charge is 2.20. The third-order valence-corrected chi connectivity index (χ3v) is 5.43. The molecule has 6 nitrogen and oxygen atoms in total. The first kappa shape index (κ1) is 20.1. The van der Waals surface area contributed by atoms with Gasteiger partial charge in [0.05, 0.1) is 23.1 Å². The van der Waals surface area contributed by atoms with Crippen molar-refractivity contribution in [1.29, 1.82) is 0 Å². The first-order chi connectivity index (χ1) is 14.5. The second-order valence-corrected chi connectivity index (χ2v) is 7.89. The summed E-state index contributed by atoms with van der Waals surface area (Å²) in [6.45, 7) is 5.73. The van der Waals surface area contributed by atoms with Gasteiger partial charge in [-0.15, -0.1) is 0 Å². The van der Waals surface area contributed by atoms with Crippen LogP contribution >= 0.6 is 12.2 Å². The normalized spacial score (nSPS) is 13.1. The molecule has 0 spiro atoms. The van der Waals surface area contributed by atoms with Crippen molar-refractivity contribution in [3.05, 3.63) is 77.1 Å². The molecule has 3 heterocycles. The maximum Gasteiger partial charge on any atom is 0.257 e. The number of nitrogens with one attached hydrogen (secondary N) is 1. The molecule has 1 N–H and O–H groups in total. The fourth-order valence-electron chi connectivity index (χ4n) is 3.51. The van der Waals surface area contributed by atoms with E-state index in [0.717, 1.165) is 35.6 Å². The molecule has 4 rings (SSSR count). The number of amides is 1. The number of hydrogen-bond donors (Lipinski definition) is 1. The second-order valence-electron chi connectivity index (χ2n) is 7.66. The number of thiocarbonyl (C=S) groups is 1. The summed E-state index contributed by atoms with van der Waals surface area (Å²) in [4.78, 5) is 28.0. The average Bonchev–Trinajstić information content (AvgIpc) is 2.78. The zero-order valence-corrected chi connectivity index (χ0v) is 17.8. The van der Waals surface area contributed by atoms with Crippen LogP contribution in [0.25, 0.3) is 0 Å². The van der Waals surface area contributed by atoms with Crippen LogP contribution in [0.5, 0.6) is 0 Å². The lowest BCUT2D eigenvalue weighted by molar-refractivity contribution is 0.102. The molecule has 0 unspecified atom stereocenters. The Kier molecular flexibility index (Phi) is 5.81. The predicted octanol–water partition coefficient (Wildman–Crippen LogP) is 4.16. The maximum atomic E-state index is 12.8. The topological polar surface area (TPSA) is 71.0 Å². The molecule has 0 atom stereocenters.